The second-order valence-corrected chi connectivity index (χ2v) is 4.70. The highest BCUT2D eigenvalue weighted by Crippen LogP contribution is 2.31. The predicted molar refractivity (Wildman–Crippen MR) is 53.6 cm³/mol. The van der Waals surface area contributed by atoms with E-state index in [-0.39, 0.29) is 6.10 Å². The fourth-order valence-electron chi connectivity index (χ4n) is 2.75. The third kappa shape index (κ3) is 2.05. The summed E-state index contributed by atoms with van der Waals surface area (Å²) in [5.74, 6) is 0.955. The Hall–Kier alpha value is -0.0800. The molecule has 1 aliphatic carbocycles. The summed E-state index contributed by atoms with van der Waals surface area (Å²) in [6.45, 7) is 4.17. The third-order valence-corrected chi connectivity index (χ3v) is 3.74. The van der Waals surface area contributed by atoms with Crippen molar-refractivity contribution in [3.8, 4) is 0 Å². The summed E-state index contributed by atoms with van der Waals surface area (Å²) in [5.41, 5.74) is 0. The van der Waals surface area contributed by atoms with Crippen LogP contribution in [-0.2, 0) is 0 Å². The zero-order valence-electron chi connectivity index (χ0n) is 8.58. The molecule has 1 aliphatic heterocycles. The SMILES string of the molecule is CCC1CCCC(N2CC(O)C2)C1. The Kier molecular flexibility index (Phi) is 2.89. The molecule has 2 rings (SSSR count). The lowest BCUT2D eigenvalue weighted by molar-refractivity contribution is -0.0387. The van der Waals surface area contributed by atoms with Crippen molar-refractivity contribution >= 4 is 0 Å². The summed E-state index contributed by atoms with van der Waals surface area (Å²) in [6.07, 6.45) is 6.89. The van der Waals surface area contributed by atoms with Crippen LogP contribution < -0.4 is 0 Å². The fourth-order valence-corrected chi connectivity index (χ4v) is 2.75. The molecule has 2 fully saturated rings. The minimum atomic E-state index is -0.0259. The Morgan fingerprint density at radius 1 is 1.31 bits per heavy atom. The van der Waals surface area contributed by atoms with E-state index in [1.807, 2.05) is 0 Å². The van der Waals surface area contributed by atoms with Crippen LogP contribution in [0.1, 0.15) is 39.0 Å². The molecule has 1 heterocycles. The molecule has 1 N–H and O–H groups in total. The zero-order chi connectivity index (χ0) is 9.26. The maximum Gasteiger partial charge on any atom is 0.0794 e. The average molecular weight is 183 g/mol. The Balaban J connectivity index is 1.79. The lowest BCUT2D eigenvalue weighted by atomic mass is 9.82. The van der Waals surface area contributed by atoms with E-state index in [2.05, 4.69) is 11.8 Å². The summed E-state index contributed by atoms with van der Waals surface area (Å²) in [6, 6.07) is 0.794. The molecule has 0 bridgehead atoms. The van der Waals surface area contributed by atoms with E-state index in [4.69, 9.17) is 0 Å². The van der Waals surface area contributed by atoms with E-state index in [1.165, 1.54) is 32.1 Å². The molecule has 2 unspecified atom stereocenters. The van der Waals surface area contributed by atoms with E-state index < -0.39 is 0 Å². The summed E-state index contributed by atoms with van der Waals surface area (Å²) in [4.78, 5) is 2.46. The fraction of sp³-hybridized carbons (Fsp3) is 1.00. The number of aliphatic hydroxyl groups is 1. The van der Waals surface area contributed by atoms with Gasteiger partial charge in [-0.2, -0.15) is 0 Å². The Labute approximate surface area is 80.9 Å². The zero-order valence-corrected chi connectivity index (χ0v) is 8.58. The molecular formula is C11H21NO. The molecule has 0 spiro atoms. The summed E-state index contributed by atoms with van der Waals surface area (Å²) < 4.78 is 0. The van der Waals surface area contributed by atoms with E-state index in [9.17, 15) is 5.11 Å². The normalized spacial score (nSPS) is 37.4. The van der Waals surface area contributed by atoms with Gasteiger partial charge in [0.15, 0.2) is 0 Å². The maximum absolute atomic E-state index is 9.23. The van der Waals surface area contributed by atoms with Crippen LogP contribution in [0.3, 0.4) is 0 Å². The topological polar surface area (TPSA) is 23.5 Å². The van der Waals surface area contributed by atoms with Gasteiger partial charge < -0.3 is 5.11 Å². The molecule has 13 heavy (non-hydrogen) atoms. The highest BCUT2D eigenvalue weighted by atomic mass is 16.3. The number of β-amino-alcohol motifs (C(OH)–C–C–N with tert-alkyl or cyclic N) is 1. The molecule has 76 valence electrons. The molecule has 0 aromatic heterocycles. The van der Waals surface area contributed by atoms with E-state index in [1.54, 1.807) is 0 Å². The molecule has 0 amide bonds. The second kappa shape index (κ2) is 3.97. The van der Waals surface area contributed by atoms with Crippen molar-refractivity contribution in [2.75, 3.05) is 13.1 Å². The Morgan fingerprint density at radius 3 is 2.69 bits per heavy atom. The van der Waals surface area contributed by atoms with Crippen LogP contribution in [0.4, 0.5) is 0 Å². The minimum absolute atomic E-state index is 0.0259. The largest absolute Gasteiger partial charge is 0.390 e. The molecule has 2 aliphatic rings. The lowest BCUT2D eigenvalue weighted by Crippen LogP contribution is -2.56. The molecule has 2 atom stereocenters. The first-order valence-electron chi connectivity index (χ1n) is 5.71. The van der Waals surface area contributed by atoms with Gasteiger partial charge in [0, 0.05) is 19.1 Å². The number of likely N-dealkylation sites (tertiary alicyclic amines) is 1. The second-order valence-electron chi connectivity index (χ2n) is 4.70. The van der Waals surface area contributed by atoms with Crippen molar-refractivity contribution < 1.29 is 5.11 Å². The van der Waals surface area contributed by atoms with Crippen molar-refractivity contribution in [3.63, 3.8) is 0 Å². The maximum atomic E-state index is 9.23. The van der Waals surface area contributed by atoms with Gasteiger partial charge in [0.2, 0.25) is 0 Å². The van der Waals surface area contributed by atoms with Crippen molar-refractivity contribution in [1.82, 2.24) is 4.90 Å². The highest BCUT2D eigenvalue weighted by molar-refractivity contribution is 4.88. The lowest BCUT2D eigenvalue weighted by Gasteiger charge is -2.45. The van der Waals surface area contributed by atoms with Crippen molar-refractivity contribution in [1.29, 1.82) is 0 Å². The Morgan fingerprint density at radius 2 is 2.08 bits per heavy atom. The molecule has 0 aromatic carbocycles. The van der Waals surface area contributed by atoms with E-state index >= 15 is 0 Å². The van der Waals surface area contributed by atoms with Crippen LogP contribution in [0.5, 0.6) is 0 Å². The van der Waals surface area contributed by atoms with Gasteiger partial charge in [-0.25, -0.2) is 0 Å². The van der Waals surface area contributed by atoms with Crippen LogP contribution >= 0.6 is 0 Å². The summed E-state index contributed by atoms with van der Waals surface area (Å²) in [5, 5.41) is 9.23. The number of hydrogen-bond acceptors (Lipinski definition) is 2. The molecule has 0 aromatic rings. The smallest absolute Gasteiger partial charge is 0.0794 e. The van der Waals surface area contributed by atoms with Crippen molar-refractivity contribution in [2.24, 2.45) is 5.92 Å². The van der Waals surface area contributed by atoms with Gasteiger partial charge in [-0.3, -0.25) is 4.90 Å². The number of nitrogens with zero attached hydrogens (tertiary/aromatic N) is 1. The first-order valence-corrected chi connectivity index (χ1v) is 5.71. The first kappa shape index (κ1) is 9.47. The van der Waals surface area contributed by atoms with Crippen LogP contribution in [0.15, 0.2) is 0 Å². The monoisotopic (exact) mass is 183 g/mol. The van der Waals surface area contributed by atoms with Gasteiger partial charge in [0.25, 0.3) is 0 Å². The Bertz CT molecular complexity index is 165. The number of rotatable bonds is 2. The van der Waals surface area contributed by atoms with Crippen molar-refractivity contribution in [2.45, 2.75) is 51.2 Å². The van der Waals surface area contributed by atoms with Gasteiger partial charge >= 0.3 is 0 Å². The molecular weight excluding hydrogens is 162 g/mol. The summed E-state index contributed by atoms with van der Waals surface area (Å²) in [7, 11) is 0. The first-order chi connectivity index (χ1) is 6.29. The quantitative estimate of drug-likeness (QED) is 0.703. The summed E-state index contributed by atoms with van der Waals surface area (Å²) >= 11 is 0. The van der Waals surface area contributed by atoms with Crippen molar-refractivity contribution in [3.05, 3.63) is 0 Å². The highest BCUT2D eigenvalue weighted by Gasteiger charge is 2.33. The van der Waals surface area contributed by atoms with Gasteiger partial charge in [-0.15, -0.1) is 0 Å². The predicted octanol–water partition coefficient (Wildman–Crippen LogP) is 1.63. The number of aliphatic hydroxyl groups excluding tert-OH is 1. The average Bonchev–Trinajstić information content (AvgIpc) is 2.13. The van der Waals surface area contributed by atoms with Gasteiger partial charge in [-0.1, -0.05) is 26.2 Å². The van der Waals surface area contributed by atoms with Crippen LogP contribution in [0, 0.1) is 5.92 Å². The molecule has 1 saturated heterocycles. The van der Waals surface area contributed by atoms with Gasteiger partial charge in [0.1, 0.15) is 0 Å². The van der Waals surface area contributed by atoms with E-state index in [0.29, 0.717) is 0 Å². The molecule has 0 radical (unpaired) electrons. The van der Waals surface area contributed by atoms with Crippen LogP contribution in [0.25, 0.3) is 0 Å². The minimum Gasteiger partial charge on any atom is -0.390 e. The molecule has 1 saturated carbocycles. The van der Waals surface area contributed by atoms with Gasteiger partial charge in [0.05, 0.1) is 6.10 Å². The molecule has 2 heteroatoms. The van der Waals surface area contributed by atoms with Crippen LogP contribution in [-0.4, -0.2) is 35.2 Å². The van der Waals surface area contributed by atoms with Gasteiger partial charge in [-0.05, 0) is 18.8 Å². The third-order valence-electron chi connectivity index (χ3n) is 3.74. The molecule has 2 nitrogen and oxygen atoms in total. The number of hydrogen-bond donors (Lipinski definition) is 1. The van der Waals surface area contributed by atoms with E-state index in [0.717, 1.165) is 25.0 Å². The van der Waals surface area contributed by atoms with Crippen LogP contribution in [0.2, 0.25) is 0 Å². The standard InChI is InChI=1S/C11H21NO/c1-2-9-4-3-5-10(6-9)12-7-11(13)8-12/h9-11,13H,2-8H2,1H3.